The fraction of sp³-hybridized carbons (Fsp3) is 0.333. The van der Waals surface area contributed by atoms with Crippen LogP contribution in [0.1, 0.15) is 5.56 Å². The van der Waals surface area contributed by atoms with Crippen LogP contribution in [0.3, 0.4) is 0 Å². The molecule has 2 aromatic heterocycles. The Kier molecular flexibility index (Phi) is 9.10. The lowest BCUT2D eigenvalue weighted by atomic mass is 10.1. The van der Waals surface area contributed by atoms with Gasteiger partial charge < -0.3 is 10.1 Å². The average molecular weight is 644 g/mol. The minimum atomic E-state index is -0.466. The number of ether oxygens (including phenoxy) is 1. The highest BCUT2D eigenvalue weighted by atomic mass is 127. The molecule has 1 amide bonds. The minimum Gasteiger partial charge on any atom is -0.448 e. The van der Waals surface area contributed by atoms with Gasteiger partial charge in [-0.15, -0.1) is 0 Å². The Morgan fingerprint density at radius 1 is 1.11 bits per heavy atom. The molecule has 0 radical (unpaired) electrons. The zero-order chi connectivity index (χ0) is 26.3. The van der Waals surface area contributed by atoms with Gasteiger partial charge in [-0.1, -0.05) is 48.2 Å². The molecule has 0 bridgehead atoms. The van der Waals surface area contributed by atoms with Gasteiger partial charge in [-0.25, -0.2) is 24.3 Å². The van der Waals surface area contributed by atoms with E-state index >= 15 is 0 Å². The average Bonchev–Trinajstić information content (AvgIpc) is 3.36. The molecule has 38 heavy (non-hydrogen) atoms. The topological polar surface area (TPSA) is 88.4 Å². The lowest BCUT2D eigenvalue weighted by Crippen LogP contribution is -2.45. The maximum absolute atomic E-state index is 13.6. The fourth-order valence-electron chi connectivity index (χ4n) is 4.42. The zero-order valence-electron chi connectivity index (χ0n) is 21.2. The van der Waals surface area contributed by atoms with Crippen LogP contribution in [-0.2, 0) is 17.7 Å². The number of amides is 1. The van der Waals surface area contributed by atoms with Gasteiger partial charge in [0, 0.05) is 42.8 Å². The Labute approximate surface area is 240 Å². The van der Waals surface area contributed by atoms with E-state index in [0.717, 1.165) is 36.2 Å². The van der Waals surface area contributed by atoms with Crippen LogP contribution >= 0.6 is 34.4 Å². The number of rotatable bonds is 9. The first kappa shape index (κ1) is 26.9. The number of benzene rings is 2. The number of aromatic nitrogens is 4. The summed E-state index contributed by atoms with van der Waals surface area (Å²) in [4.78, 5) is 27.0. The van der Waals surface area contributed by atoms with E-state index in [1.54, 1.807) is 11.1 Å². The van der Waals surface area contributed by atoms with Crippen LogP contribution < -0.4 is 10.2 Å². The second-order valence-corrected chi connectivity index (χ2v) is 10.9. The van der Waals surface area contributed by atoms with Crippen molar-refractivity contribution in [3.8, 4) is 0 Å². The molecule has 0 unspecified atom stereocenters. The number of thioether (sulfide) groups is 1. The van der Waals surface area contributed by atoms with Crippen molar-refractivity contribution in [2.45, 2.75) is 18.1 Å². The Bertz CT molecular complexity index is 1380. The molecule has 0 aliphatic carbocycles. The Hall–Kier alpha value is -2.74. The molecule has 3 heterocycles. The third-order valence-electron chi connectivity index (χ3n) is 6.40. The summed E-state index contributed by atoms with van der Waals surface area (Å²) in [7, 11) is 0. The fourth-order valence-corrected chi connectivity index (χ4v) is 5.30. The van der Waals surface area contributed by atoms with Gasteiger partial charge in [-0.05, 0) is 59.0 Å². The second kappa shape index (κ2) is 12.9. The highest BCUT2D eigenvalue weighted by molar-refractivity contribution is 14.1. The van der Waals surface area contributed by atoms with Crippen LogP contribution in [0.25, 0.3) is 11.0 Å². The Balaban J connectivity index is 1.46. The number of hydrogen-bond donors (Lipinski definition) is 1. The molecule has 9 nitrogen and oxygen atoms in total. The number of hydrogen-bond acceptors (Lipinski definition) is 8. The Morgan fingerprint density at radius 3 is 2.68 bits per heavy atom. The summed E-state index contributed by atoms with van der Waals surface area (Å²) in [5.41, 5.74) is 2.61. The Morgan fingerprint density at radius 2 is 1.92 bits per heavy atom. The van der Waals surface area contributed by atoms with Gasteiger partial charge in [-0.3, -0.25) is 4.90 Å². The third kappa shape index (κ3) is 6.45. The van der Waals surface area contributed by atoms with E-state index in [9.17, 15) is 4.79 Å². The zero-order valence-corrected chi connectivity index (χ0v) is 24.2. The quantitative estimate of drug-likeness (QED) is 0.161. The molecule has 2 aromatic carbocycles. The van der Waals surface area contributed by atoms with E-state index in [2.05, 4.69) is 50.0 Å². The van der Waals surface area contributed by atoms with Gasteiger partial charge in [-0.2, -0.15) is 5.10 Å². The molecule has 4 aromatic rings. The van der Waals surface area contributed by atoms with Gasteiger partial charge in [0.15, 0.2) is 16.6 Å². The summed E-state index contributed by atoms with van der Waals surface area (Å²) in [6.45, 7) is 5.46. The number of nitrogens with zero attached hydrogens (tertiary/aromatic N) is 6. The maximum Gasteiger partial charge on any atom is 0.420 e. The monoisotopic (exact) mass is 643 g/mol. The summed E-state index contributed by atoms with van der Waals surface area (Å²) >= 11 is 3.68. The van der Waals surface area contributed by atoms with Crippen molar-refractivity contribution in [1.82, 2.24) is 30.0 Å². The first-order chi connectivity index (χ1) is 18.6. The summed E-state index contributed by atoms with van der Waals surface area (Å²) < 4.78 is 8.71. The lowest BCUT2D eigenvalue weighted by Gasteiger charge is -2.27. The first-order valence-corrected chi connectivity index (χ1v) is 14.9. The van der Waals surface area contributed by atoms with Crippen LogP contribution in [0.2, 0.25) is 0 Å². The molecule has 1 N–H and O–H groups in total. The van der Waals surface area contributed by atoms with E-state index in [0.29, 0.717) is 47.4 Å². The summed E-state index contributed by atoms with van der Waals surface area (Å²) in [5.74, 6) is 0.472. The largest absolute Gasteiger partial charge is 0.448 e. The van der Waals surface area contributed by atoms with Gasteiger partial charge in [0.2, 0.25) is 0 Å². The predicted molar refractivity (Wildman–Crippen MR) is 159 cm³/mol. The number of nitrogens with one attached hydrogen (secondary N) is 1. The van der Waals surface area contributed by atoms with E-state index in [1.165, 1.54) is 17.3 Å². The van der Waals surface area contributed by atoms with Crippen molar-refractivity contribution in [2.24, 2.45) is 0 Å². The lowest BCUT2D eigenvalue weighted by molar-refractivity contribution is 0.130. The standard InChI is InChI=1S/C27H30IN7O2S/c1-38-26-31-24-23(19-30-34(24)13-10-20-6-3-2-4-7-20)25(32-26)35(22-9-5-8-21(28)18-22)27(36)37-17-16-33-14-11-29-12-15-33/h2-9,18-19,29H,10-17H2,1H3. The van der Waals surface area contributed by atoms with Crippen molar-refractivity contribution in [3.63, 3.8) is 0 Å². The molecule has 11 heteroatoms. The molecular formula is C27H30IN7O2S. The SMILES string of the molecule is CSc1nc(N(C(=O)OCCN2CCNCC2)c2cccc(I)c2)c2cnn(CCc3ccccc3)c2n1. The van der Waals surface area contributed by atoms with Crippen LogP contribution in [0.4, 0.5) is 16.3 Å². The molecule has 1 fully saturated rings. The summed E-state index contributed by atoms with van der Waals surface area (Å²) in [6, 6.07) is 18.1. The van der Waals surface area contributed by atoms with E-state index in [4.69, 9.17) is 14.7 Å². The number of carbonyl (C=O) groups is 1. The molecular weight excluding hydrogens is 613 g/mol. The summed E-state index contributed by atoms with van der Waals surface area (Å²) in [5, 5.41) is 9.25. The van der Waals surface area contributed by atoms with Crippen LogP contribution in [0.15, 0.2) is 66.0 Å². The van der Waals surface area contributed by atoms with Gasteiger partial charge in [0.1, 0.15) is 6.61 Å². The molecule has 1 aliphatic heterocycles. The van der Waals surface area contributed by atoms with Gasteiger partial charge in [0.25, 0.3) is 0 Å². The summed E-state index contributed by atoms with van der Waals surface area (Å²) in [6.07, 6.45) is 4.03. The number of piperazine rings is 1. The van der Waals surface area contributed by atoms with Crippen molar-refractivity contribution in [1.29, 1.82) is 0 Å². The number of halogens is 1. The predicted octanol–water partition coefficient (Wildman–Crippen LogP) is 4.58. The second-order valence-electron chi connectivity index (χ2n) is 8.90. The van der Waals surface area contributed by atoms with Crippen molar-refractivity contribution in [3.05, 3.63) is 69.9 Å². The first-order valence-electron chi connectivity index (χ1n) is 12.6. The van der Waals surface area contributed by atoms with Crippen LogP contribution in [-0.4, -0.2) is 76.3 Å². The van der Waals surface area contributed by atoms with Gasteiger partial charge >= 0.3 is 6.09 Å². The van der Waals surface area contributed by atoms with Crippen molar-refractivity contribution < 1.29 is 9.53 Å². The van der Waals surface area contributed by atoms with Crippen LogP contribution in [0, 0.1) is 3.57 Å². The number of aryl methyl sites for hydroxylation is 2. The van der Waals surface area contributed by atoms with E-state index in [-0.39, 0.29) is 0 Å². The highest BCUT2D eigenvalue weighted by Crippen LogP contribution is 2.33. The van der Waals surface area contributed by atoms with E-state index in [1.807, 2.05) is 53.4 Å². The molecule has 0 spiro atoms. The van der Waals surface area contributed by atoms with Crippen LogP contribution in [0.5, 0.6) is 0 Å². The molecule has 0 atom stereocenters. The maximum atomic E-state index is 13.6. The minimum absolute atomic E-state index is 0.305. The molecule has 1 saturated heterocycles. The number of anilines is 2. The molecule has 198 valence electrons. The molecule has 0 saturated carbocycles. The van der Waals surface area contributed by atoms with Crippen molar-refractivity contribution >= 4 is 63.0 Å². The van der Waals surface area contributed by atoms with Crippen molar-refractivity contribution in [2.75, 3.05) is 50.5 Å². The normalized spacial score (nSPS) is 14.1. The highest BCUT2D eigenvalue weighted by Gasteiger charge is 2.26. The van der Waals surface area contributed by atoms with E-state index < -0.39 is 6.09 Å². The number of fused-ring (bicyclic) bond motifs is 1. The number of carbonyl (C=O) groups excluding carboxylic acids is 1. The van der Waals surface area contributed by atoms with Gasteiger partial charge in [0.05, 0.1) is 17.3 Å². The molecule has 1 aliphatic rings. The third-order valence-corrected chi connectivity index (χ3v) is 7.62. The smallest absolute Gasteiger partial charge is 0.420 e. The molecule has 5 rings (SSSR count).